The molecule has 1 aromatic carbocycles. The Hall–Kier alpha value is -4.02. The predicted octanol–water partition coefficient (Wildman–Crippen LogP) is 3.54. The molecular weight excluding hydrogens is 488 g/mol. The molecule has 3 aromatic heterocycles. The molecule has 0 fully saturated rings. The number of amides is 2. The molecule has 37 heavy (non-hydrogen) atoms. The molecule has 0 saturated heterocycles. The zero-order valence-corrected chi connectivity index (χ0v) is 21.3. The first-order valence-corrected chi connectivity index (χ1v) is 12.8. The quantitative estimate of drug-likeness (QED) is 0.344. The Morgan fingerprint density at radius 2 is 1.86 bits per heavy atom. The molecule has 1 aliphatic carbocycles. The first kappa shape index (κ1) is 24.7. The number of anilines is 1. The molecule has 1 aliphatic rings. The highest BCUT2D eigenvalue weighted by Gasteiger charge is 2.34. The van der Waals surface area contributed by atoms with Gasteiger partial charge in [0.25, 0.3) is 5.91 Å². The second-order valence-corrected chi connectivity index (χ2v) is 10.2. The first-order chi connectivity index (χ1) is 17.8. The van der Waals surface area contributed by atoms with E-state index in [0.29, 0.717) is 27.8 Å². The maximum absolute atomic E-state index is 12.7. The van der Waals surface area contributed by atoms with E-state index in [0.717, 1.165) is 35.4 Å². The highest BCUT2D eigenvalue weighted by molar-refractivity contribution is 7.14. The minimum atomic E-state index is -0.381. The smallest absolute Gasteiger partial charge is 0.251 e. The summed E-state index contributed by atoms with van der Waals surface area (Å²) in [7, 11) is 0. The van der Waals surface area contributed by atoms with Crippen molar-refractivity contribution in [3.8, 4) is 22.8 Å². The van der Waals surface area contributed by atoms with Gasteiger partial charge in [-0.2, -0.15) is 0 Å². The first-order valence-electron chi connectivity index (χ1n) is 11.9. The van der Waals surface area contributed by atoms with Gasteiger partial charge in [-0.15, -0.1) is 11.3 Å². The van der Waals surface area contributed by atoms with E-state index in [1.165, 1.54) is 17.7 Å². The third-order valence-electron chi connectivity index (χ3n) is 6.56. The molecule has 2 amide bonds. The third-order valence-corrected chi connectivity index (χ3v) is 7.31. The van der Waals surface area contributed by atoms with Gasteiger partial charge in [0.1, 0.15) is 12.0 Å². The van der Waals surface area contributed by atoms with Crippen molar-refractivity contribution in [3.05, 3.63) is 76.6 Å². The monoisotopic (exact) mass is 514 g/mol. The van der Waals surface area contributed by atoms with E-state index in [1.54, 1.807) is 6.07 Å². The van der Waals surface area contributed by atoms with Gasteiger partial charge >= 0.3 is 0 Å². The van der Waals surface area contributed by atoms with Gasteiger partial charge in [-0.3, -0.25) is 9.59 Å². The van der Waals surface area contributed by atoms with Gasteiger partial charge in [0.15, 0.2) is 5.13 Å². The summed E-state index contributed by atoms with van der Waals surface area (Å²) in [4.78, 5) is 42.7. The van der Waals surface area contributed by atoms with Crippen LogP contribution in [0.2, 0.25) is 0 Å². The summed E-state index contributed by atoms with van der Waals surface area (Å²) < 4.78 is 0. The highest BCUT2D eigenvalue weighted by atomic mass is 32.1. The molecule has 188 valence electrons. The van der Waals surface area contributed by atoms with Crippen LogP contribution in [-0.4, -0.2) is 50.0 Å². The fourth-order valence-electron chi connectivity index (χ4n) is 4.40. The maximum Gasteiger partial charge on any atom is 0.251 e. The molecule has 0 radical (unpaired) electrons. The minimum Gasteiger partial charge on any atom is -0.395 e. The Balaban J connectivity index is 1.21. The topological polar surface area (TPSA) is 130 Å². The lowest BCUT2D eigenvalue weighted by molar-refractivity contribution is -0.115. The number of aliphatic hydroxyl groups excluding tert-OH is 1. The second-order valence-electron chi connectivity index (χ2n) is 9.31. The van der Waals surface area contributed by atoms with E-state index in [1.807, 2.05) is 55.6 Å². The number of benzene rings is 1. The molecular formula is C27H26N6O3S. The minimum absolute atomic E-state index is 0.0311. The summed E-state index contributed by atoms with van der Waals surface area (Å²) in [5, 5.41) is 17.4. The molecule has 3 heterocycles. The number of aliphatic hydroxyl groups is 1. The third kappa shape index (κ3) is 5.25. The number of nitrogens with zero attached hydrogens (tertiary/aromatic N) is 4. The van der Waals surface area contributed by atoms with Gasteiger partial charge in [0.2, 0.25) is 5.91 Å². The van der Waals surface area contributed by atoms with Crippen molar-refractivity contribution in [1.29, 1.82) is 0 Å². The fourth-order valence-corrected chi connectivity index (χ4v) is 5.12. The molecule has 1 atom stereocenters. The summed E-state index contributed by atoms with van der Waals surface area (Å²) in [6.07, 6.45) is 3.24. The van der Waals surface area contributed by atoms with Crippen molar-refractivity contribution in [1.82, 2.24) is 25.3 Å². The molecule has 0 spiro atoms. The molecule has 0 bridgehead atoms. The number of aromatic nitrogens is 4. The molecule has 0 aliphatic heterocycles. The van der Waals surface area contributed by atoms with Crippen LogP contribution in [0.25, 0.3) is 22.8 Å². The lowest BCUT2D eigenvalue weighted by atomic mass is 9.84. The van der Waals surface area contributed by atoms with E-state index in [-0.39, 0.29) is 30.4 Å². The largest absolute Gasteiger partial charge is 0.395 e. The maximum atomic E-state index is 12.7. The SMILES string of the molecule is Cc1cc(-c2cccc(-c3csc(NC(=O)CNC(=O)c4ccc5c(c4)[C@@](C)(CO)CC5)n3)n2)ncn1. The average Bonchev–Trinajstić information content (AvgIpc) is 3.52. The Morgan fingerprint density at radius 1 is 1.05 bits per heavy atom. The van der Waals surface area contributed by atoms with Crippen LogP contribution >= 0.6 is 11.3 Å². The van der Waals surface area contributed by atoms with Gasteiger partial charge in [0, 0.05) is 22.1 Å². The van der Waals surface area contributed by atoms with Crippen LogP contribution < -0.4 is 10.6 Å². The van der Waals surface area contributed by atoms with E-state index >= 15 is 0 Å². The van der Waals surface area contributed by atoms with Crippen molar-refractivity contribution in [2.24, 2.45) is 0 Å². The molecule has 0 saturated carbocycles. The number of carbonyl (C=O) groups excluding carboxylic acids is 2. The number of pyridine rings is 1. The van der Waals surface area contributed by atoms with Crippen molar-refractivity contribution in [2.45, 2.75) is 32.1 Å². The van der Waals surface area contributed by atoms with Gasteiger partial charge in [-0.25, -0.2) is 19.9 Å². The lowest BCUT2D eigenvalue weighted by Crippen LogP contribution is -2.33. The number of thiazole rings is 1. The zero-order chi connectivity index (χ0) is 26.0. The highest BCUT2D eigenvalue weighted by Crippen LogP contribution is 2.38. The van der Waals surface area contributed by atoms with Crippen molar-refractivity contribution >= 4 is 28.3 Å². The standard InChI is InChI=1S/C27H26N6O3S/c1-16-10-22(30-15-29-16)20-4-3-5-21(31-20)23-13-37-26(32-23)33-24(35)12-28-25(36)18-7-6-17-8-9-27(2,14-34)19(17)11-18/h3-7,10-11,13,15,34H,8-9,12,14H2,1-2H3,(H,28,36)(H,32,33,35)/t27-/m1/s1. The van der Waals surface area contributed by atoms with Crippen LogP contribution in [0.5, 0.6) is 0 Å². The Bertz CT molecular complexity index is 1490. The summed E-state index contributed by atoms with van der Waals surface area (Å²) in [5.74, 6) is -0.722. The summed E-state index contributed by atoms with van der Waals surface area (Å²) in [6.45, 7) is 3.73. The van der Waals surface area contributed by atoms with Crippen LogP contribution in [0.1, 0.15) is 40.5 Å². The number of carbonyl (C=O) groups is 2. The Kier molecular flexibility index (Phi) is 6.77. The summed E-state index contributed by atoms with van der Waals surface area (Å²) in [5.41, 5.74) is 5.83. The molecule has 10 heteroatoms. The van der Waals surface area contributed by atoms with Crippen LogP contribution in [0.15, 0.2) is 54.2 Å². The van der Waals surface area contributed by atoms with Crippen molar-refractivity contribution in [3.63, 3.8) is 0 Å². The number of rotatable bonds is 7. The van der Waals surface area contributed by atoms with E-state index in [4.69, 9.17) is 0 Å². The average molecular weight is 515 g/mol. The summed E-state index contributed by atoms with van der Waals surface area (Å²) in [6, 6.07) is 13.0. The lowest BCUT2D eigenvalue weighted by Gasteiger charge is -2.22. The van der Waals surface area contributed by atoms with Crippen LogP contribution in [0.3, 0.4) is 0 Å². The Labute approximate surface area is 218 Å². The fraction of sp³-hybridized carbons (Fsp3) is 0.259. The van der Waals surface area contributed by atoms with E-state index < -0.39 is 0 Å². The summed E-state index contributed by atoms with van der Waals surface area (Å²) >= 11 is 1.28. The number of fused-ring (bicyclic) bond motifs is 1. The number of nitrogens with one attached hydrogen (secondary N) is 2. The molecule has 4 aromatic rings. The number of hydrogen-bond acceptors (Lipinski definition) is 8. The van der Waals surface area contributed by atoms with Crippen LogP contribution in [-0.2, 0) is 16.6 Å². The second kappa shape index (κ2) is 10.2. The van der Waals surface area contributed by atoms with Crippen molar-refractivity contribution < 1.29 is 14.7 Å². The normalized spacial score (nSPS) is 16.3. The molecule has 5 rings (SSSR count). The molecule has 9 nitrogen and oxygen atoms in total. The van der Waals surface area contributed by atoms with Crippen LogP contribution in [0.4, 0.5) is 5.13 Å². The van der Waals surface area contributed by atoms with Gasteiger partial charge in [-0.1, -0.05) is 19.1 Å². The number of hydrogen-bond donors (Lipinski definition) is 3. The van der Waals surface area contributed by atoms with E-state index in [9.17, 15) is 14.7 Å². The van der Waals surface area contributed by atoms with Gasteiger partial charge in [0.05, 0.1) is 30.2 Å². The molecule has 3 N–H and O–H groups in total. The molecule has 0 unspecified atom stereocenters. The van der Waals surface area contributed by atoms with Gasteiger partial charge < -0.3 is 15.7 Å². The van der Waals surface area contributed by atoms with Gasteiger partial charge in [-0.05, 0) is 61.2 Å². The van der Waals surface area contributed by atoms with E-state index in [2.05, 4.69) is 30.6 Å². The predicted molar refractivity (Wildman–Crippen MR) is 141 cm³/mol. The van der Waals surface area contributed by atoms with Crippen LogP contribution in [0, 0.1) is 6.92 Å². The number of aryl methyl sites for hydroxylation is 2. The Morgan fingerprint density at radius 3 is 2.65 bits per heavy atom. The zero-order valence-electron chi connectivity index (χ0n) is 20.5. The van der Waals surface area contributed by atoms with Crippen molar-refractivity contribution in [2.75, 3.05) is 18.5 Å².